The molecule has 0 radical (unpaired) electrons. The van der Waals surface area contributed by atoms with E-state index in [1.807, 2.05) is 0 Å². The van der Waals surface area contributed by atoms with Gasteiger partial charge in [0.15, 0.2) is 0 Å². The largest absolute Gasteiger partial charge is 0.325 e. The predicted octanol–water partition coefficient (Wildman–Crippen LogP) is 3.46. The standard InChI is InChI=1S/C18H18BrClN2O3/c19-11-3-4-13(12(20)8-11)21-14(23)5-6-22-17(24)15-9-1-2-10(7-9)16(15)18(22)25/h3-4,8-10,15-16H,1-2,5-7H2,(H,21,23)/t9-,10+,15-,16-/m0/s1. The van der Waals surface area contributed by atoms with E-state index in [9.17, 15) is 14.4 Å². The minimum absolute atomic E-state index is 0.0725. The Morgan fingerprint density at radius 1 is 1.20 bits per heavy atom. The third-order valence-electron chi connectivity index (χ3n) is 5.79. The highest BCUT2D eigenvalue weighted by atomic mass is 79.9. The van der Waals surface area contributed by atoms with E-state index in [0.717, 1.165) is 23.7 Å². The van der Waals surface area contributed by atoms with Gasteiger partial charge < -0.3 is 5.32 Å². The number of carbonyl (C=O) groups excluding carboxylic acids is 3. The molecule has 1 aromatic carbocycles. The molecule has 0 aromatic heterocycles. The third-order valence-corrected chi connectivity index (χ3v) is 6.59. The van der Waals surface area contributed by atoms with Crippen molar-refractivity contribution in [3.05, 3.63) is 27.7 Å². The number of anilines is 1. The van der Waals surface area contributed by atoms with Gasteiger partial charge in [-0.15, -0.1) is 0 Å². The number of rotatable bonds is 4. The maximum absolute atomic E-state index is 12.6. The van der Waals surface area contributed by atoms with Crippen LogP contribution in [0.5, 0.6) is 0 Å². The second-order valence-corrected chi connectivity index (χ2v) is 8.46. The lowest BCUT2D eigenvalue weighted by atomic mass is 9.81. The number of imide groups is 1. The van der Waals surface area contributed by atoms with Gasteiger partial charge in [-0.05, 0) is 49.3 Å². The molecule has 4 rings (SSSR count). The highest BCUT2D eigenvalue weighted by Crippen LogP contribution is 2.56. The number of hydrogen-bond donors (Lipinski definition) is 1. The number of benzene rings is 1. The fourth-order valence-electron chi connectivity index (χ4n) is 4.71. The van der Waals surface area contributed by atoms with Crippen molar-refractivity contribution < 1.29 is 14.4 Å². The SMILES string of the molecule is O=C(CCN1C(=O)[C@H]2[C@@H]3CC[C@@H](C3)[C@@H]2C1=O)Nc1ccc(Br)cc1Cl. The van der Waals surface area contributed by atoms with Gasteiger partial charge in [0, 0.05) is 17.4 Å². The molecular formula is C18H18BrClN2O3. The Labute approximate surface area is 159 Å². The van der Waals surface area contributed by atoms with E-state index in [4.69, 9.17) is 11.6 Å². The second-order valence-electron chi connectivity index (χ2n) is 7.14. The van der Waals surface area contributed by atoms with Crippen LogP contribution in [0.25, 0.3) is 0 Å². The van der Waals surface area contributed by atoms with E-state index in [2.05, 4.69) is 21.2 Å². The number of amides is 3. The Kier molecular flexibility index (Phi) is 4.36. The van der Waals surface area contributed by atoms with Crippen molar-refractivity contribution in [3.8, 4) is 0 Å². The van der Waals surface area contributed by atoms with Gasteiger partial charge in [-0.2, -0.15) is 0 Å². The van der Waals surface area contributed by atoms with Crippen molar-refractivity contribution in [2.24, 2.45) is 23.7 Å². The number of halogens is 2. The molecule has 2 saturated carbocycles. The lowest BCUT2D eigenvalue weighted by Gasteiger charge is -2.19. The zero-order valence-corrected chi connectivity index (χ0v) is 15.8. The molecule has 132 valence electrons. The molecular weight excluding hydrogens is 408 g/mol. The molecule has 5 nitrogen and oxygen atoms in total. The van der Waals surface area contributed by atoms with Gasteiger partial charge in [0.05, 0.1) is 22.5 Å². The fraction of sp³-hybridized carbons (Fsp3) is 0.500. The van der Waals surface area contributed by atoms with E-state index < -0.39 is 0 Å². The number of hydrogen-bond acceptors (Lipinski definition) is 3. The van der Waals surface area contributed by atoms with Crippen LogP contribution in [0.2, 0.25) is 5.02 Å². The predicted molar refractivity (Wildman–Crippen MR) is 96.9 cm³/mol. The van der Waals surface area contributed by atoms with Gasteiger partial charge in [0.1, 0.15) is 0 Å². The molecule has 2 bridgehead atoms. The first-order valence-electron chi connectivity index (χ1n) is 8.56. The summed E-state index contributed by atoms with van der Waals surface area (Å²) in [5, 5.41) is 3.16. The topological polar surface area (TPSA) is 66.5 Å². The average Bonchev–Trinajstić information content (AvgIpc) is 3.23. The Morgan fingerprint density at radius 2 is 1.84 bits per heavy atom. The van der Waals surface area contributed by atoms with Crippen molar-refractivity contribution >= 4 is 50.9 Å². The van der Waals surface area contributed by atoms with E-state index in [1.165, 1.54) is 4.90 Å². The van der Waals surface area contributed by atoms with Crippen molar-refractivity contribution in [1.29, 1.82) is 0 Å². The van der Waals surface area contributed by atoms with E-state index in [0.29, 0.717) is 22.5 Å². The van der Waals surface area contributed by atoms with E-state index in [1.54, 1.807) is 18.2 Å². The molecule has 1 N–H and O–H groups in total. The molecule has 3 amide bonds. The normalized spacial score (nSPS) is 30.1. The Hall–Kier alpha value is -1.40. The van der Waals surface area contributed by atoms with Gasteiger partial charge in [0.25, 0.3) is 0 Å². The van der Waals surface area contributed by atoms with Crippen molar-refractivity contribution in [3.63, 3.8) is 0 Å². The van der Waals surface area contributed by atoms with E-state index in [-0.39, 0.29) is 42.5 Å². The Bertz CT molecular complexity index is 741. The summed E-state index contributed by atoms with van der Waals surface area (Å²) in [6.45, 7) is 0.143. The lowest BCUT2D eigenvalue weighted by Crippen LogP contribution is -2.35. The molecule has 3 fully saturated rings. The summed E-state index contributed by atoms with van der Waals surface area (Å²) >= 11 is 9.40. The smallest absolute Gasteiger partial charge is 0.233 e. The molecule has 0 spiro atoms. The summed E-state index contributed by atoms with van der Waals surface area (Å²) in [6, 6.07) is 5.19. The van der Waals surface area contributed by atoms with Gasteiger partial charge >= 0.3 is 0 Å². The number of fused-ring (bicyclic) bond motifs is 5. The molecule has 1 saturated heterocycles. The van der Waals surface area contributed by atoms with Crippen LogP contribution >= 0.6 is 27.5 Å². The van der Waals surface area contributed by atoms with Crippen LogP contribution in [-0.2, 0) is 14.4 Å². The maximum atomic E-state index is 12.6. The Morgan fingerprint density at radius 3 is 2.44 bits per heavy atom. The number of carbonyl (C=O) groups is 3. The first-order valence-corrected chi connectivity index (χ1v) is 9.73. The van der Waals surface area contributed by atoms with Crippen molar-refractivity contribution in [2.45, 2.75) is 25.7 Å². The maximum Gasteiger partial charge on any atom is 0.233 e. The molecule has 4 atom stereocenters. The second kappa shape index (κ2) is 6.40. The lowest BCUT2D eigenvalue weighted by molar-refractivity contribution is -0.140. The zero-order chi connectivity index (χ0) is 17.7. The minimum atomic E-state index is -0.259. The van der Waals surface area contributed by atoms with Gasteiger partial charge in [0.2, 0.25) is 17.7 Å². The van der Waals surface area contributed by atoms with Crippen LogP contribution in [0.4, 0.5) is 5.69 Å². The molecule has 3 aliphatic rings. The first-order chi connectivity index (χ1) is 12.0. The van der Waals surface area contributed by atoms with Gasteiger partial charge in [-0.1, -0.05) is 27.5 Å². The molecule has 1 heterocycles. The molecule has 2 aliphatic carbocycles. The number of nitrogens with one attached hydrogen (secondary N) is 1. The van der Waals surface area contributed by atoms with Crippen molar-refractivity contribution in [1.82, 2.24) is 4.90 Å². The molecule has 7 heteroatoms. The quantitative estimate of drug-likeness (QED) is 0.751. The summed E-state index contributed by atoms with van der Waals surface area (Å²) in [5.41, 5.74) is 0.517. The zero-order valence-electron chi connectivity index (χ0n) is 13.5. The van der Waals surface area contributed by atoms with Crippen LogP contribution in [0.1, 0.15) is 25.7 Å². The summed E-state index contributed by atoms with van der Waals surface area (Å²) in [4.78, 5) is 38.7. The minimum Gasteiger partial charge on any atom is -0.325 e. The van der Waals surface area contributed by atoms with Crippen LogP contribution in [0, 0.1) is 23.7 Å². The van der Waals surface area contributed by atoms with Crippen LogP contribution in [0.15, 0.2) is 22.7 Å². The van der Waals surface area contributed by atoms with E-state index >= 15 is 0 Å². The summed E-state index contributed by atoms with van der Waals surface area (Å²) in [6.07, 6.45) is 3.21. The summed E-state index contributed by atoms with van der Waals surface area (Å²) in [7, 11) is 0. The number of likely N-dealkylation sites (tertiary alicyclic amines) is 1. The Balaban J connectivity index is 1.37. The summed E-state index contributed by atoms with van der Waals surface area (Å²) < 4.78 is 0.824. The van der Waals surface area contributed by atoms with Crippen molar-refractivity contribution in [2.75, 3.05) is 11.9 Å². The monoisotopic (exact) mass is 424 g/mol. The highest BCUT2D eigenvalue weighted by Gasteiger charge is 2.60. The average molecular weight is 426 g/mol. The summed E-state index contributed by atoms with van der Waals surface area (Å²) in [5.74, 6) is 0.0716. The molecule has 25 heavy (non-hydrogen) atoms. The van der Waals surface area contributed by atoms with Gasteiger partial charge in [-0.25, -0.2) is 0 Å². The first kappa shape index (κ1) is 17.0. The molecule has 0 unspecified atom stereocenters. The van der Waals surface area contributed by atoms with Gasteiger partial charge in [-0.3, -0.25) is 19.3 Å². The molecule has 1 aliphatic heterocycles. The van der Waals surface area contributed by atoms with Crippen LogP contribution in [0.3, 0.4) is 0 Å². The van der Waals surface area contributed by atoms with Crippen LogP contribution < -0.4 is 5.32 Å². The molecule has 1 aromatic rings. The fourth-order valence-corrected chi connectivity index (χ4v) is 5.43. The third kappa shape index (κ3) is 2.89. The van der Waals surface area contributed by atoms with Crippen LogP contribution in [-0.4, -0.2) is 29.2 Å². The highest BCUT2D eigenvalue weighted by molar-refractivity contribution is 9.10. The number of nitrogens with zero attached hydrogens (tertiary/aromatic N) is 1.